The van der Waals surface area contributed by atoms with E-state index in [9.17, 15) is 5.11 Å². The van der Waals surface area contributed by atoms with Crippen molar-refractivity contribution in [2.75, 3.05) is 20.2 Å². The van der Waals surface area contributed by atoms with Gasteiger partial charge in [0.05, 0.1) is 13.7 Å². The van der Waals surface area contributed by atoms with Crippen molar-refractivity contribution in [2.45, 2.75) is 32.4 Å². The molecule has 0 atom stereocenters. The molecule has 1 N–H and O–H groups in total. The zero-order chi connectivity index (χ0) is 17.5. The van der Waals surface area contributed by atoms with Gasteiger partial charge in [0.15, 0.2) is 11.5 Å². The number of ether oxygens (including phenoxy) is 1. The molecule has 25 heavy (non-hydrogen) atoms. The summed E-state index contributed by atoms with van der Waals surface area (Å²) in [5.74, 6) is 0.602. The number of aromatic hydroxyl groups is 1. The van der Waals surface area contributed by atoms with Crippen LogP contribution < -0.4 is 4.74 Å². The topological polar surface area (TPSA) is 45.1 Å². The average molecular weight is 338 g/mol. The van der Waals surface area contributed by atoms with Gasteiger partial charge in [-0.25, -0.2) is 0 Å². The minimum atomic E-state index is 0.135. The highest BCUT2D eigenvalue weighted by molar-refractivity contribution is 5.84. The molecule has 0 saturated carbocycles. The lowest BCUT2D eigenvalue weighted by molar-refractivity contribution is 0.220. The number of aliphatic imine (C=N–C) groups is 1. The van der Waals surface area contributed by atoms with E-state index in [1.807, 2.05) is 12.1 Å². The highest BCUT2D eigenvalue weighted by Crippen LogP contribution is 2.28. The number of methoxy groups -OCH3 is 1. The summed E-state index contributed by atoms with van der Waals surface area (Å²) in [5.41, 5.74) is 3.26. The van der Waals surface area contributed by atoms with Crippen molar-refractivity contribution in [3.05, 3.63) is 59.2 Å². The van der Waals surface area contributed by atoms with Crippen LogP contribution in [0.25, 0.3) is 0 Å². The maximum atomic E-state index is 10.1. The molecule has 2 aromatic rings. The Balaban J connectivity index is 1.69. The van der Waals surface area contributed by atoms with Crippen LogP contribution in [0.1, 0.15) is 36.0 Å². The van der Waals surface area contributed by atoms with E-state index in [1.54, 1.807) is 19.4 Å². The third-order valence-corrected chi connectivity index (χ3v) is 4.70. The van der Waals surface area contributed by atoms with E-state index in [1.165, 1.54) is 43.5 Å². The van der Waals surface area contributed by atoms with Crippen molar-refractivity contribution < 1.29 is 9.84 Å². The van der Waals surface area contributed by atoms with E-state index in [2.05, 4.69) is 34.2 Å². The van der Waals surface area contributed by atoms with E-state index in [0.717, 1.165) is 6.54 Å². The van der Waals surface area contributed by atoms with E-state index < -0.39 is 0 Å². The van der Waals surface area contributed by atoms with Crippen LogP contribution in [-0.2, 0) is 13.1 Å². The number of hydrogen-bond acceptors (Lipinski definition) is 4. The summed E-state index contributed by atoms with van der Waals surface area (Å²) < 4.78 is 5.14. The summed E-state index contributed by atoms with van der Waals surface area (Å²) >= 11 is 0. The van der Waals surface area contributed by atoms with E-state index in [4.69, 9.17) is 4.74 Å². The molecule has 2 aromatic carbocycles. The zero-order valence-corrected chi connectivity index (χ0v) is 14.8. The van der Waals surface area contributed by atoms with Gasteiger partial charge in [-0.3, -0.25) is 9.89 Å². The summed E-state index contributed by atoms with van der Waals surface area (Å²) in [6, 6.07) is 13.9. The Morgan fingerprint density at radius 2 is 1.80 bits per heavy atom. The molecule has 1 saturated heterocycles. The number of nitrogens with zero attached hydrogens (tertiary/aromatic N) is 2. The predicted molar refractivity (Wildman–Crippen MR) is 102 cm³/mol. The van der Waals surface area contributed by atoms with Gasteiger partial charge in [0.2, 0.25) is 0 Å². The van der Waals surface area contributed by atoms with Crippen molar-refractivity contribution >= 4 is 6.21 Å². The third kappa shape index (κ3) is 4.60. The molecule has 0 spiro atoms. The number of benzene rings is 2. The number of phenolic OH excluding ortho intramolecular Hbond substituents is 1. The quantitative estimate of drug-likeness (QED) is 0.810. The Labute approximate surface area is 149 Å². The molecule has 0 radical (unpaired) electrons. The molecule has 0 aliphatic carbocycles. The summed E-state index contributed by atoms with van der Waals surface area (Å²) in [5, 5.41) is 10.1. The largest absolute Gasteiger partial charge is 0.504 e. The molecular weight excluding hydrogens is 312 g/mol. The van der Waals surface area contributed by atoms with Crippen LogP contribution in [0.4, 0.5) is 0 Å². The zero-order valence-electron chi connectivity index (χ0n) is 14.8. The average Bonchev–Trinajstić information content (AvgIpc) is 2.65. The first-order valence-electron chi connectivity index (χ1n) is 8.93. The van der Waals surface area contributed by atoms with Crippen LogP contribution in [-0.4, -0.2) is 36.4 Å². The minimum Gasteiger partial charge on any atom is -0.504 e. The second kappa shape index (κ2) is 8.67. The first kappa shape index (κ1) is 17.5. The molecule has 3 rings (SSSR count). The van der Waals surface area contributed by atoms with Crippen LogP contribution in [0.15, 0.2) is 47.5 Å². The van der Waals surface area contributed by atoms with Crippen LogP contribution in [0.5, 0.6) is 11.5 Å². The molecule has 4 nitrogen and oxygen atoms in total. The van der Waals surface area contributed by atoms with Gasteiger partial charge >= 0.3 is 0 Å². The minimum absolute atomic E-state index is 0.135. The highest BCUT2D eigenvalue weighted by atomic mass is 16.5. The molecule has 1 heterocycles. The van der Waals surface area contributed by atoms with E-state index in [-0.39, 0.29) is 5.75 Å². The molecule has 4 heteroatoms. The number of piperidine rings is 1. The van der Waals surface area contributed by atoms with Gasteiger partial charge < -0.3 is 9.84 Å². The van der Waals surface area contributed by atoms with Crippen molar-refractivity contribution in [3.63, 3.8) is 0 Å². The lowest BCUT2D eigenvalue weighted by atomic mass is 10.1. The Morgan fingerprint density at radius 3 is 2.56 bits per heavy atom. The van der Waals surface area contributed by atoms with Crippen molar-refractivity contribution in [1.82, 2.24) is 4.90 Å². The molecule has 0 bridgehead atoms. The summed E-state index contributed by atoms with van der Waals surface area (Å²) in [4.78, 5) is 7.07. The van der Waals surface area contributed by atoms with Crippen LogP contribution >= 0.6 is 0 Å². The first-order valence-corrected chi connectivity index (χ1v) is 8.93. The Bertz CT molecular complexity index is 722. The number of rotatable bonds is 6. The molecule has 0 unspecified atom stereocenters. The van der Waals surface area contributed by atoms with E-state index in [0.29, 0.717) is 17.9 Å². The lowest BCUT2D eigenvalue weighted by Gasteiger charge is -2.27. The Hall–Kier alpha value is -2.33. The molecular formula is C21H26N2O2. The highest BCUT2D eigenvalue weighted by Gasteiger charge is 2.12. The second-order valence-corrected chi connectivity index (χ2v) is 6.47. The van der Waals surface area contributed by atoms with Crippen molar-refractivity contribution in [3.8, 4) is 11.5 Å². The monoisotopic (exact) mass is 338 g/mol. The normalized spacial score (nSPS) is 15.6. The number of para-hydroxylation sites is 1. The van der Waals surface area contributed by atoms with Crippen LogP contribution in [0.2, 0.25) is 0 Å². The maximum absolute atomic E-state index is 10.1. The standard InChI is InChI=1S/C21H26N2O2/c1-25-20-11-7-10-18(21(20)24)15-22-14-17-8-3-4-9-19(17)16-23-12-5-2-6-13-23/h3-4,7-11,15,24H,2,5-6,12-14,16H2,1H3. The second-order valence-electron chi connectivity index (χ2n) is 6.47. The van der Waals surface area contributed by atoms with E-state index >= 15 is 0 Å². The Morgan fingerprint density at radius 1 is 1.04 bits per heavy atom. The SMILES string of the molecule is COc1cccc(C=NCc2ccccc2CN2CCCCC2)c1O. The summed E-state index contributed by atoms with van der Waals surface area (Å²) in [6.45, 7) is 3.99. The van der Waals surface area contributed by atoms with Gasteiger partial charge in [-0.1, -0.05) is 36.8 Å². The fourth-order valence-corrected chi connectivity index (χ4v) is 3.27. The van der Waals surface area contributed by atoms with Gasteiger partial charge in [0.25, 0.3) is 0 Å². The van der Waals surface area contributed by atoms with Gasteiger partial charge in [-0.15, -0.1) is 0 Å². The fraction of sp³-hybridized carbons (Fsp3) is 0.381. The van der Waals surface area contributed by atoms with Gasteiger partial charge in [-0.05, 0) is 49.2 Å². The fourth-order valence-electron chi connectivity index (χ4n) is 3.27. The van der Waals surface area contributed by atoms with Crippen molar-refractivity contribution in [1.29, 1.82) is 0 Å². The molecule has 1 aliphatic heterocycles. The smallest absolute Gasteiger partial charge is 0.166 e. The van der Waals surface area contributed by atoms with Gasteiger partial charge in [0.1, 0.15) is 0 Å². The first-order chi connectivity index (χ1) is 12.3. The van der Waals surface area contributed by atoms with Gasteiger partial charge in [0, 0.05) is 18.3 Å². The molecule has 1 fully saturated rings. The van der Waals surface area contributed by atoms with Crippen molar-refractivity contribution in [2.24, 2.45) is 4.99 Å². The lowest BCUT2D eigenvalue weighted by Crippen LogP contribution is -2.29. The third-order valence-electron chi connectivity index (χ3n) is 4.70. The Kier molecular flexibility index (Phi) is 6.07. The number of phenols is 1. The number of hydrogen-bond donors (Lipinski definition) is 1. The van der Waals surface area contributed by atoms with Crippen LogP contribution in [0.3, 0.4) is 0 Å². The van der Waals surface area contributed by atoms with Gasteiger partial charge in [-0.2, -0.15) is 0 Å². The molecule has 0 amide bonds. The molecule has 132 valence electrons. The summed E-state index contributed by atoms with van der Waals surface area (Å²) in [6.07, 6.45) is 5.67. The maximum Gasteiger partial charge on any atom is 0.166 e. The molecule has 1 aliphatic rings. The molecule has 0 aromatic heterocycles. The van der Waals surface area contributed by atoms with Crippen LogP contribution in [0, 0.1) is 0 Å². The predicted octanol–water partition coefficient (Wildman–Crippen LogP) is 4.01. The summed E-state index contributed by atoms with van der Waals surface area (Å²) in [7, 11) is 1.55. The number of likely N-dealkylation sites (tertiary alicyclic amines) is 1.